The van der Waals surface area contributed by atoms with Crippen LogP contribution in [0.5, 0.6) is 23.1 Å². The van der Waals surface area contributed by atoms with Crippen LogP contribution in [0.1, 0.15) is 25.1 Å². The predicted molar refractivity (Wildman–Crippen MR) is 121 cm³/mol. The van der Waals surface area contributed by atoms with Gasteiger partial charge < -0.3 is 19.3 Å². The number of carbonyl (C=O) groups is 1. The van der Waals surface area contributed by atoms with Gasteiger partial charge in [-0.15, -0.1) is 0 Å². The van der Waals surface area contributed by atoms with E-state index >= 15 is 0 Å². The third-order valence-electron chi connectivity index (χ3n) is 5.48. The Morgan fingerprint density at radius 1 is 1.12 bits per heavy atom. The van der Waals surface area contributed by atoms with Gasteiger partial charge in [0, 0.05) is 11.5 Å². The summed E-state index contributed by atoms with van der Waals surface area (Å²) >= 11 is 1.25. The van der Waals surface area contributed by atoms with Gasteiger partial charge in [0.2, 0.25) is 11.7 Å². The van der Waals surface area contributed by atoms with Gasteiger partial charge in [-0.1, -0.05) is 35.5 Å². The summed E-state index contributed by atoms with van der Waals surface area (Å²) in [6.07, 6.45) is 1.24. The highest BCUT2D eigenvalue weighted by molar-refractivity contribution is 7.98. The average Bonchev–Trinajstić information content (AvgIpc) is 2.85. The van der Waals surface area contributed by atoms with Gasteiger partial charge in [0.25, 0.3) is 17.0 Å². The molecule has 0 spiro atoms. The molecule has 2 aromatic carbocycles. The first-order valence-electron chi connectivity index (χ1n) is 10.3. The number of anilines is 1. The Hall–Kier alpha value is -3.53. The molecule has 172 valence electrons. The number of thioether (sulfide) groups is 1. The van der Waals surface area contributed by atoms with Crippen LogP contribution in [0.15, 0.2) is 41.6 Å². The largest absolute Gasteiger partial charge is 0.854 e. The minimum absolute atomic E-state index is 0.140. The van der Waals surface area contributed by atoms with E-state index in [9.17, 15) is 9.90 Å². The Morgan fingerprint density at radius 2 is 1.85 bits per heavy atom. The van der Waals surface area contributed by atoms with Crippen molar-refractivity contribution in [3.63, 3.8) is 0 Å². The molecule has 1 amide bonds. The van der Waals surface area contributed by atoms with E-state index in [1.54, 1.807) is 41.0 Å². The Morgan fingerprint density at radius 3 is 2.48 bits per heavy atom. The Kier molecular flexibility index (Phi) is 6.28. The first kappa shape index (κ1) is 22.7. The molecule has 1 atom stereocenters. The number of aromatic nitrogens is 3. The van der Waals surface area contributed by atoms with E-state index in [0.29, 0.717) is 44.9 Å². The molecule has 0 bridgehead atoms. The number of hydrogen-bond acceptors (Lipinski definition) is 8. The molecule has 1 aliphatic heterocycles. The predicted octanol–water partition coefficient (Wildman–Crippen LogP) is 2.56. The van der Waals surface area contributed by atoms with E-state index in [-0.39, 0.29) is 12.3 Å². The van der Waals surface area contributed by atoms with Crippen molar-refractivity contribution in [2.75, 3.05) is 32.5 Å². The summed E-state index contributed by atoms with van der Waals surface area (Å²) in [5.41, 5.74) is 2.07. The molecular formula is C23H24N4O5S. The van der Waals surface area contributed by atoms with Gasteiger partial charge in [-0.25, -0.2) is 9.88 Å². The maximum Gasteiger partial charge on any atom is 0.296 e. The monoisotopic (exact) mass is 468 g/mol. The maximum absolute atomic E-state index is 13.3. The molecule has 3 aromatic rings. The van der Waals surface area contributed by atoms with Gasteiger partial charge in [0.1, 0.15) is 0 Å². The summed E-state index contributed by atoms with van der Waals surface area (Å²) in [7, 11) is 4.56. The number of nitrogens with zero attached hydrogens (tertiary/aromatic N) is 4. The Labute approximate surface area is 195 Å². The molecule has 4 rings (SSSR count). The molecule has 0 fully saturated rings. The topological polar surface area (TPSA) is 101 Å². The van der Waals surface area contributed by atoms with Crippen LogP contribution < -0.4 is 28.9 Å². The smallest absolute Gasteiger partial charge is 0.296 e. The van der Waals surface area contributed by atoms with Crippen molar-refractivity contribution in [2.24, 2.45) is 0 Å². The molecule has 2 heterocycles. The van der Waals surface area contributed by atoms with Crippen LogP contribution in [0.2, 0.25) is 0 Å². The van der Waals surface area contributed by atoms with Crippen LogP contribution in [0.25, 0.3) is 11.3 Å². The summed E-state index contributed by atoms with van der Waals surface area (Å²) in [5.74, 6) is 0.674. The molecule has 0 aliphatic carbocycles. The number of methoxy groups -OCH3 is 3. The summed E-state index contributed by atoms with van der Waals surface area (Å²) in [5, 5.41) is 18.1. The molecule has 1 aromatic heterocycles. The Bertz CT molecular complexity index is 1220. The van der Waals surface area contributed by atoms with Crippen LogP contribution in [-0.4, -0.2) is 43.6 Å². The van der Waals surface area contributed by atoms with E-state index in [0.717, 1.165) is 0 Å². The minimum atomic E-state index is -0.807. The fourth-order valence-electron chi connectivity index (χ4n) is 4.07. The summed E-state index contributed by atoms with van der Waals surface area (Å²) in [6, 6.07) is 10.8. The van der Waals surface area contributed by atoms with Gasteiger partial charge >= 0.3 is 0 Å². The summed E-state index contributed by atoms with van der Waals surface area (Å²) in [4.78, 5) is 19.1. The van der Waals surface area contributed by atoms with Gasteiger partial charge in [0.15, 0.2) is 11.5 Å². The number of ether oxygens (including phenoxy) is 3. The van der Waals surface area contributed by atoms with E-state index in [4.69, 9.17) is 14.2 Å². The van der Waals surface area contributed by atoms with E-state index in [2.05, 4.69) is 10.1 Å². The molecule has 0 saturated heterocycles. The number of amides is 1. The molecule has 10 heteroatoms. The number of rotatable bonds is 6. The van der Waals surface area contributed by atoms with E-state index < -0.39 is 12.0 Å². The molecule has 33 heavy (non-hydrogen) atoms. The van der Waals surface area contributed by atoms with Crippen LogP contribution in [-0.2, 0) is 4.79 Å². The van der Waals surface area contributed by atoms with Crippen LogP contribution >= 0.6 is 11.8 Å². The SMILES string of the molecule is CCC(=O)N1c2ccccc2-c2c([O-])nc(SC)n[n+]2C1c1ccc(OC)c(OC)c1OC. The summed E-state index contributed by atoms with van der Waals surface area (Å²) < 4.78 is 18.3. The maximum atomic E-state index is 13.3. The normalized spacial score (nSPS) is 14.3. The Balaban J connectivity index is 2.12. The molecule has 0 saturated carbocycles. The highest BCUT2D eigenvalue weighted by Gasteiger charge is 2.46. The fraction of sp³-hybridized carbons (Fsp3) is 0.304. The second kappa shape index (κ2) is 9.14. The van der Waals surface area contributed by atoms with Crippen molar-refractivity contribution >= 4 is 23.4 Å². The molecular weight excluding hydrogens is 444 g/mol. The van der Waals surface area contributed by atoms with Gasteiger partial charge in [-0.05, 0) is 30.5 Å². The van der Waals surface area contributed by atoms with Gasteiger partial charge in [-0.2, -0.15) is 0 Å². The zero-order valence-corrected chi connectivity index (χ0v) is 19.8. The first-order chi connectivity index (χ1) is 16.0. The molecule has 1 aliphatic rings. The number of para-hydroxylation sites is 1. The van der Waals surface area contributed by atoms with Crippen LogP contribution in [0.3, 0.4) is 0 Å². The van der Waals surface area contributed by atoms with Crippen molar-refractivity contribution < 1.29 is 28.8 Å². The number of benzene rings is 2. The van der Waals surface area contributed by atoms with Crippen molar-refractivity contribution in [1.82, 2.24) is 10.1 Å². The fourth-order valence-corrected chi connectivity index (χ4v) is 4.41. The van der Waals surface area contributed by atoms with E-state index in [1.165, 1.54) is 33.1 Å². The minimum Gasteiger partial charge on any atom is -0.854 e. The zero-order valence-electron chi connectivity index (χ0n) is 19.0. The number of hydrogen-bond donors (Lipinski definition) is 0. The number of carbonyl (C=O) groups excluding carboxylic acids is 1. The van der Waals surface area contributed by atoms with E-state index in [1.807, 2.05) is 18.2 Å². The molecule has 0 N–H and O–H groups in total. The lowest BCUT2D eigenvalue weighted by molar-refractivity contribution is -0.764. The molecule has 1 unspecified atom stereocenters. The van der Waals surface area contributed by atoms with Crippen molar-refractivity contribution in [2.45, 2.75) is 24.7 Å². The van der Waals surface area contributed by atoms with Crippen LogP contribution in [0, 0.1) is 0 Å². The highest BCUT2D eigenvalue weighted by Crippen LogP contribution is 2.47. The second-order valence-electron chi connectivity index (χ2n) is 7.13. The van der Waals surface area contributed by atoms with Gasteiger partial charge in [0.05, 0.1) is 44.0 Å². The second-order valence-corrected chi connectivity index (χ2v) is 7.90. The zero-order chi connectivity index (χ0) is 23.7. The van der Waals surface area contributed by atoms with Crippen LogP contribution in [0.4, 0.5) is 5.69 Å². The lowest BCUT2D eigenvalue weighted by atomic mass is 10.00. The third-order valence-corrected chi connectivity index (χ3v) is 6.02. The molecule has 0 radical (unpaired) electrons. The van der Waals surface area contributed by atoms with Crippen molar-refractivity contribution in [3.8, 4) is 34.4 Å². The standard InChI is InChI=1S/C23H24N4O5S/c1-6-17(28)26-15-10-8-7-9-13(15)18-21(29)24-23(33-5)25-27(18)22(26)14-11-12-16(30-2)20(32-4)19(14)31-3/h7-12,22H,6H2,1-5H3. The van der Waals surface area contributed by atoms with Crippen molar-refractivity contribution in [1.29, 1.82) is 0 Å². The number of fused-ring (bicyclic) bond motifs is 3. The third kappa shape index (κ3) is 3.60. The molecule has 9 nitrogen and oxygen atoms in total. The average molecular weight is 469 g/mol. The lowest BCUT2D eigenvalue weighted by Gasteiger charge is -2.34. The van der Waals surface area contributed by atoms with Crippen molar-refractivity contribution in [3.05, 3.63) is 42.0 Å². The first-order valence-corrected chi connectivity index (χ1v) is 11.5. The van der Waals surface area contributed by atoms with Gasteiger partial charge in [-0.3, -0.25) is 4.79 Å². The summed E-state index contributed by atoms with van der Waals surface area (Å²) in [6.45, 7) is 1.79. The quantitative estimate of drug-likeness (QED) is 0.402. The lowest BCUT2D eigenvalue weighted by Crippen LogP contribution is -2.59. The highest BCUT2D eigenvalue weighted by atomic mass is 32.2.